The number of nitrogens with zero attached hydrogens (tertiary/aromatic N) is 1. The third-order valence-corrected chi connectivity index (χ3v) is 3.65. The minimum atomic E-state index is -0.240. The van der Waals surface area contributed by atoms with E-state index in [4.69, 9.17) is 0 Å². The van der Waals surface area contributed by atoms with E-state index >= 15 is 0 Å². The molecule has 1 aliphatic rings. The van der Waals surface area contributed by atoms with Crippen molar-refractivity contribution in [1.29, 1.82) is 0 Å². The van der Waals surface area contributed by atoms with Crippen molar-refractivity contribution in [3.05, 3.63) is 65.2 Å². The van der Waals surface area contributed by atoms with E-state index in [1.165, 1.54) is 0 Å². The molecule has 2 nitrogen and oxygen atoms in total. The second-order valence-corrected chi connectivity index (χ2v) is 4.92. The van der Waals surface area contributed by atoms with Crippen LogP contribution >= 0.6 is 0 Å². The molecule has 94 valence electrons. The SMILES string of the molecule is CC1=Nc2ccccc2C(=O)C1c1ccccc1C. The van der Waals surface area contributed by atoms with Gasteiger partial charge >= 0.3 is 0 Å². The van der Waals surface area contributed by atoms with Crippen molar-refractivity contribution in [2.24, 2.45) is 4.99 Å². The highest BCUT2D eigenvalue weighted by Crippen LogP contribution is 2.34. The lowest BCUT2D eigenvalue weighted by Crippen LogP contribution is -2.24. The molecule has 3 rings (SSSR count). The highest BCUT2D eigenvalue weighted by atomic mass is 16.1. The summed E-state index contributed by atoms with van der Waals surface area (Å²) < 4.78 is 0. The van der Waals surface area contributed by atoms with Gasteiger partial charge in [-0.3, -0.25) is 9.79 Å². The topological polar surface area (TPSA) is 29.4 Å². The Hall–Kier alpha value is -2.22. The van der Waals surface area contributed by atoms with Gasteiger partial charge in [-0.1, -0.05) is 36.4 Å². The fraction of sp³-hybridized carbons (Fsp3) is 0.176. The highest BCUT2D eigenvalue weighted by Gasteiger charge is 2.30. The van der Waals surface area contributed by atoms with Crippen LogP contribution in [0.4, 0.5) is 5.69 Å². The standard InChI is InChI=1S/C17H15NO/c1-11-7-3-4-8-13(11)16-12(2)18-15-10-6-5-9-14(15)17(16)19/h3-10,16H,1-2H3. The molecular weight excluding hydrogens is 234 g/mol. The van der Waals surface area contributed by atoms with Gasteiger partial charge in [0.05, 0.1) is 11.6 Å². The second kappa shape index (κ2) is 4.47. The summed E-state index contributed by atoms with van der Waals surface area (Å²) in [4.78, 5) is 17.3. The van der Waals surface area contributed by atoms with E-state index in [2.05, 4.69) is 4.99 Å². The van der Waals surface area contributed by atoms with E-state index in [0.29, 0.717) is 0 Å². The zero-order valence-electron chi connectivity index (χ0n) is 11.1. The third-order valence-electron chi connectivity index (χ3n) is 3.65. The lowest BCUT2D eigenvalue weighted by Gasteiger charge is -2.23. The van der Waals surface area contributed by atoms with Gasteiger partial charge in [-0.15, -0.1) is 0 Å². The van der Waals surface area contributed by atoms with Crippen molar-refractivity contribution in [2.45, 2.75) is 19.8 Å². The van der Waals surface area contributed by atoms with Crippen LogP contribution in [-0.2, 0) is 0 Å². The first-order chi connectivity index (χ1) is 9.18. The lowest BCUT2D eigenvalue weighted by atomic mass is 9.83. The summed E-state index contributed by atoms with van der Waals surface area (Å²) in [5, 5.41) is 0. The zero-order valence-corrected chi connectivity index (χ0v) is 11.1. The summed E-state index contributed by atoms with van der Waals surface area (Å²) in [5.74, 6) is -0.0894. The first kappa shape index (κ1) is 11.8. The molecule has 0 aliphatic carbocycles. The summed E-state index contributed by atoms with van der Waals surface area (Å²) in [6.07, 6.45) is 0. The number of hydrogen-bond acceptors (Lipinski definition) is 2. The Balaban J connectivity index is 2.16. The van der Waals surface area contributed by atoms with Crippen molar-refractivity contribution in [1.82, 2.24) is 0 Å². The number of aliphatic imine (C=N–C) groups is 1. The number of fused-ring (bicyclic) bond motifs is 1. The number of carbonyl (C=O) groups is 1. The van der Waals surface area contributed by atoms with Crippen LogP contribution < -0.4 is 0 Å². The molecule has 0 N–H and O–H groups in total. The number of aryl methyl sites for hydroxylation is 1. The minimum absolute atomic E-state index is 0.150. The summed E-state index contributed by atoms with van der Waals surface area (Å²) in [7, 11) is 0. The third kappa shape index (κ3) is 1.89. The number of rotatable bonds is 1. The molecule has 0 fully saturated rings. The molecule has 0 saturated heterocycles. The number of para-hydroxylation sites is 1. The number of benzene rings is 2. The van der Waals surface area contributed by atoms with Crippen LogP contribution in [0.5, 0.6) is 0 Å². The summed E-state index contributed by atoms with van der Waals surface area (Å²) in [6.45, 7) is 3.97. The Kier molecular flexibility index (Phi) is 2.79. The summed E-state index contributed by atoms with van der Waals surface area (Å²) >= 11 is 0. The zero-order chi connectivity index (χ0) is 13.4. The Bertz CT molecular complexity index is 685. The average Bonchev–Trinajstić information content (AvgIpc) is 2.41. The molecule has 0 radical (unpaired) electrons. The normalized spacial score (nSPS) is 17.9. The molecule has 0 amide bonds. The maximum absolute atomic E-state index is 12.7. The van der Waals surface area contributed by atoms with Gasteiger partial charge in [-0.2, -0.15) is 0 Å². The molecule has 1 heterocycles. The van der Waals surface area contributed by atoms with Gasteiger partial charge in [0.2, 0.25) is 0 Å². The number of ketones is 1. The van der Waals surface area contributed by atoms with E-state index in [1.54, 1.807) is 0 Å². The van der Waals surface area contributed by atoms with Crippen molar-refractivity contribution in [3.63, 3.8) is 0 Å². The average molecular weight is 249 g/mol. The predicted molar refractivity (Wildman–Crippen MR) is 77.5 cm³/mol. The second-order valence-electron chi connectivity index (χ2n) is 4.92. The van der Waals surface area contributed by atoms with Crippen molar-refractivity contribution in [2.75, 3.05) is 0 Å². The van der Waals surface area contributed by atoms with Gasteiger partial charge in [-0.05, 0) is 37.1 Å². The van der Waals surface area contributed by atoms with Crippen molar-refractivity contribution < 1.29 is 4.79 Å². The van der Waals surface area contributed by atoms with Gasteiger partial charge in [0, 0.05) is 11.3 Å². The minimum Gasteiger partial charge on any atom is -0.293 e. The summed E-state index contributed by atoms with van der Waals surface area (Å²) in [6, 6.07) is 15.6. The number of carbonyl (C=O) groups excluding carboxylic acids is 1. The maximum Gasteiger partial charge on any atom is 0.178 e. The Morgan fingerprint density at radius 1 is 0.947 bits per heavy atom. The monoisotopic (exact) mass is 249 g/mol. The predicted octanol–water partition coefficient (Wildman–Crippen LogP) is 4.07. The highest BCUT2D eigenvalue weighted by molar-refractivity contribution is 6.21. The molecule has 2 heteroatoms. The molecular formula is C17H15NO. The molecule has 1 unspecified atom stereocenters. The Morgan fingerprint density at radius 3 is 2.42 bits per heavy atom. The van der Waals surface area contributed by atoms with E-state index in [-0.39, 0.29) is 11.7 Å². The molecule has 0 saturated carbocycles. The van der Waals surface area contributed by atoms with E-state index in [9.17, 15) is 4.79 Å². The van der Waals surface area contributed by atoms with E-state index < -0.39 is 0 Å². The largest absolute Gasteiger partial charge is 0.293 e. The lowest BCUT2D eigenvalue weighted by molar-refractivity contribution is 0.0981. The summed E-state index contributed by atoms with van der Waals surface area (Å²) in [5.41, 5.74) is 4.58. The fourth-order valence-electron chi connectivity index (χ4n) is 2.66. The Morgan fingerprint density at radius 2 is 1.63 bits per heavy atom. The first-order valence-electron chi connectivity index (χ1n) is 6.42. The van der Waals surface area contributed by atoms with Crippen LogP contribution in [0.15, 0.2) is 53.5 Å². The van der Waals surface area contributed by atoms with Gasteiger partial charge in [0.15, 0.2) is 5.78 Å². The van der Waals surface area contributed by atoms with Gasteiger partial charge in [-0.25, -0.2) is 0 Å². The van der Waals surface area contributed by atoms with Crippen LogP contribution in [-0.4, -0.2) is 11.5 Å². The van der Waals surface area contributed by atoms with E-state index in [0.717, 1.165) is 28.1 Å². The van der Waals surface area contributed by atoms with Crippen molar-refractivity contribution >= 4 is 17.2 Å². The van der Waals surface area contributed by atoms with Crippen LogP contribution in [0.25, 0.3) is 0 Å². The van der Waals surface area contributed by atoms with Crippen LogP contribution in [0, 0.1) is 6.92 Å². The van der Waals surface area contributed by atoms with Crippen LogP contribution in [0.3, 0.4) is 0 Å². The van der Waals surface area contributed by atoms with Gasteiger partial charge in [0.1, 0.15) is 0 Å². The molecule has 2 aromatic rings. The van der Waals surface area contributed by atoms with Crippen LogP contribution in [0.1, 0.15) is 34.3 Å². The van der Waals surface area contributed by atoms with Gasteiger partial charge < -0.3 is 0 Å². The molecule has 0 bridgehead atoms. The smallest absolute Gasteiger partial charge is 0.178 e. The van der Waals surface area contributed by atoms with Crippen LogP contribution in [0.2, 0.25) is 0 Å². The molecule has 1 atom stereocenters. The van der Waals surface area contributed by atoms with E-state index in [1.807, 2.05) is 62.4 Å². The molecule has 19 heavy (non-hydrogen) atoms. The number of hydrogen-bond donors (Lipinski definition) is 0. The molecule has 2 aromatic carbocycles. The van der Waals surface area contributed by atoms with Gasteiger partial charge in [0.25, 0.3) is 0 Å². The molecule has 0 aromatic heterocycles. The molecule has 0 spiro atoms. The first-order valence-corrected chi connectivity index (χ1v) is 6.42. The fourth-order valence-corrected chi connectivity index (χ4v) is 2.66. The number of Topliss-reactive ketones (excluding diaryl/α,β-unsaturated/α-hetero) is 1. The van der Waals surface area contributed by atoms with Crippen molar-refractivity contribution in [3.8, 4) is 0 Å². The quantitative estimate of drug-likeness (QED) is 0.749. The molecule has 1 aliphatic heterocycles. The maximum atomic E-state index is 12.7. The Labute approximate surface area is 112 Å².